The summed E-state index contributed by atoms with van der Waals surface area (Å²) >= 11 is 3.13. The molecule has 0 radical (unpaired) electrons. The van der Waals surface area contributed by atoms with Gasteiger partial charge in [0.1, 0.15) is 5.75 Å². The van der Waals surface area contributed by atoms with Gasteiger partial charge in [-0.25, -0.2) is 4.79 Å². The van der Waals surface area contributed by atoms with E-state index in [4.69, 9.17) is 4.74 Å². The van der Waals surface area contributed by atoms with Gasteiger partial charge in [0.25, 0.3) is 0 Å². The predicted molar refractivity (Wildman–Crippen MR) is 80.7 cm³/mol. The SMILES string of the molecule is Cc1ccc(OC(=O)c2ccccc2)c(C(=O)CBr)c1. The summed E-state index contributed by atoms with van der Waals surface area (Å²) in [6.07, 6.45) is 0. The van der Waals surface area contributed by atoms with E-state index in [1.165, 1.54) is 0 Å². The third-order valence-corrected chi connectivity index (χ3v) is 3.28. The van der Waals surface area contributed by atoms with Crippen molar-refractivity contribution >= 4 is 27.7 Å². The van der Waals surface area contributed by atoms with E-state index in [2.05, 4.69) is 15.9 Å². The minimum absolute atomic E-state index is 0.121. The minimum atomic E-state index is -0.474. The number of carbonyl (C=O) groups excluding carboxylic acids is 2. The zero-order chi connectivity index (χ0) is 14.5. The Hall–Kier alpha value is -1.94. The fraction of sp³-hybridized carbons (Fsp3) is 0.125. The highest BCUT2D eigenvalue weighted by Gasteiger charge is 2.15. The van der Waals surface area contributed by atoms with Crippen molar-refractivity contribution in [3.05, 3.63) is 65.2 Å². The van der Waals surface area contributed by atoms with Gasteiger partial charge < -0.3 is 4.74 Å². The van der Waals surface area contributed by atoms with Gasteiger partial charge in [-0.15, -0.1) is 0 Å². The van der Waals surface area contributed by atoms with Gasteiger partial charge in [0, 0.05) is 0 Å². The lowest BCUT2D eigenvalue weighted by molar-refractivity contribution is 0.0733. The molecule has 0 heterocycles. The van der Waals surface area contributed by atoms with E-state index in [0.717, 1.165) is 5.56 Å². The number of carbonyl (C=O) groups is 2. The molecule has 4 heteroatoms. The molecular weight excluding hydrogens is 320 g/mol. The summed E-state index contributed by atoms with van der Waals surface area (Å²) in [5.74, 6) is -0.309. The molecule has 0 aromatic heterocycles. The normalized spacial score (nSPS) is 10.1. The molecule has 2 aromatic rings. The average molecular weight is 333 g/mol. The molecule has 0 aliphatic rings. The number of hydrogen-bond donors (Lipinski definition) is 0. The van der Waals surface area contributed by atoms with Crippen molar-refractivity contribution in [2.45, 2.75) is 6.92 Å². The summed E-state index contributed by atoms with van der Waals surface area (Å²) in [7, 11) is 0. The molecule has 0 bridgehead atoms. The highest BCUT2D eigenvalue weighted by Crippen LogP contribution is 2.22. The van der Waals surface area contributed by atoms with Crippen LogP contribution < -0.4 is 4.74 Å². The van der Waals surface area contributed by atoms with E-state index in [1.807, 2.05) is 13.0 Å². The van der Waals surface area contributed by atoms with Crippen molar-refractivity contribution in [3.63, 3.8) is 0 Å². The smallest absolute Gasteiger partial charge is 0.343 e. The number of benzene rings is 2. The Morgan fingerprint density at radius 1 is 1.10 bits per heavy atom. The topological polar surface area (TPSA) is 43.4 Å². The van der Waals surface area contributed by atoms with Crippen molar-refractivity contribution in [1.29, 1.82) is 0 Å². The van der Waals surface area contributed by atoms with Crippen LogP contribution in [0.15, 0.2) is 48.5 Å². The third-order valence-electron chi connectivity index (χ3n) is 2.77. The molecule has 0 saturated heterocycles. The van der Waals surface area contributed by atoms with Crippen LogP contribution in [0.4, 0.5) is 0 Å². The number of rotatable bonds is 4. The van der Waals surface area contributed by atoms with Crippen molar-refractivity contribution in [2.24, 2.45) is 0 Å². The molecular formula is C16H13BrO3. The Morgan fingerprint density at radius 3 is 2.45 bits per heavy atom. The number of ketones is 1. The maximum Gasteiger partial charge on any atom is 0.343 e. The van der Waals surface area contributed by atoms with E-state index in [-0.39, 0.29) is 16.9 Å². The number of Topliss-reactive ketones (excluding diaryl/α,β-unsaturated/α-hetero) is 1. The van der Waals surface area contributed by atoms with Gasteiger partial charge in [-0.3, -0.25) is 4.79 Å². The van der Waals surface area contributed by atoms with Crippen LogP contribution in [0.2, 0.25) is 0 Å². The first-order valence-corrected chi connectivity index (χ1v) is 7.21. The summed E-state index contributed by atoms with van der Waals surface area (Å²) in [6, 6.07) is 13.8. The fourth-order valence-electron chi connectivity index (χ4n) is 1.76. The van der Waals surface area contributed by atoms with Crippen molar-refractivity contribution in [3.8, 4) is 5.75 Å². The second-order valence-corrected chi connectivity index (χ2v) is 4.87. The van der Waals surface area contributed by atoms with Gasteiger partial charge in [0.2, 0.25) is 0 Å². The standard InChI is InChI=1S/C16H13BrO3/c1-11-7-8-15(13(9-11)14(18)10-17)20-16(19)12-5-3-2-4-6-12/h2-9H,10H2,1H3. The Bertz CT molecular complexity index is 635. The maximum atomic E-state index is 12.0. The molecule has 0 saturated carbocycles. The van der Waals surface area contributed by atoms with Crippen LogP contribution in [-0.2, 0) is 0 Å². The molecule has 0 fully saturated rings. The molecule has 0 amide bonds. The second kappa shape index (κ2) is 6.48. The summed E-state index contributed by atoms with van der Waals surface area (Å²) in [5.41, 5.74) is 1.80. The molecule has 0 spiro atoms. The highest BCUT2D eigenvalue weighted by atomic mass is 79.9. The van der Waals surface area contributed by atoms with Crippen molar-refractivity contribution in [2.75, 3.05) is 5.33 Å². The Kier molecular flexibility index (Phi) is 4.69. The molecule has 0 N–H and O–H groups in total. The lowest BCUT2D eigenvalue weighted by Gasteiger charge is -2.09. The Morgan fingerprint density at radius 2 is 1.80 bits per heavy atom. The third kappa shape index (κ3) is 3.33. The molecule has 20 heavy (non-hydrogen) atoms. The zero-order valence-corrected chi connectivity index (χ0v) is 12.5. The predicted octanol–water partition coefficient (Wildman–Crippen LogP) is 3.79. The highest BCUT2D eigenvalue weighted by molar-refractivity contribution is 9.09. The second-order valence-electron chi connectivity index (χ2n) is 4.31. The van der Waals surface area contributed by atoms with Gasteiger partial charge in [-0.1, -0.05) is 45.8 Å². The number of ether oxygens (including phenoxy) is 1. The van der Waals surface area contributed by atoms with Crippen LogP contribution in [0.5, 0.6) is 5.75 Å². The number of halogens is 1. The first kappa shape index (κ1) is 14.5. The quantitative estimate of drug-likeness (QED) is 0.370. The largest absolute Gasteiger partial charge is 0.422 e. The number of aryl methyl sites for hydroxylation is 1. The Balaban J connectivity index is 2.30. The Labute approximate surface area is 125 Å². The van der Waals surface area contributed by atoms with Crippen LogP contribution >= 0.6 is 15.9 Å². The van der Waals surface area contributed by atoms with Crippen LogP contribution in [0.3, 0.4) is 0 Å². The van der Waals surface area contributed by atoms with E-state index < -0.39 is 5.97 Å². The summed E-state index contributed by atoms with van der Waals surface area (Å²) in [4.78, 5) is 23.9. The molecule has 0 atom stereocenters. The lowest BCUT2D eigenvalue weighted by Crippen LogP contribution is -2.12. The molecule has 102 valence electrons. The molecule has 2 rings (SSSR count). The summed E-state index contributed by atoms with van der Waals surface area (Å²) in [6.45, 7) is 1.88. The minimum Gasteiger partial charge on any atom is -0.422 e. The van der Waals surface area contributed by atoms with Crippen molar-refractivity contribution < 1.29 is 14.3 Å². The fourth-order valence-corrected chi connectivity index (χ4v) is 2.06. The van der Waals surface area contributed by atoms with Gasteiger partial charge in [0.05, 0.1) is 16.5 Å². The van der Waals surface area contributed by atoms with Crippen LogP contribution in [0.1, 0.15) is 26.3 Å². The number of esters is 1. The van der Waals surface area contributed by atoms with Crippen LogP contribution in [0, 0.1) is 6.92 Å². The summed E-state index contributed by atoms with van der Waals surface area (Å²) < 4.78 is 5.33. The monoisotopic (exact) mass is 332 g/mol. The van der Waals surface area contributed by atoms with Gasteiger partial charge in [-0.2, -0.15) is 0 Å². The van der Waals surface area contributed by atoms with Gasteiger partial charge >= 0.3 is 5.97 Å². The van der Waals surface area contributed by atoms with E-state index in [1.54, 1.807) is 42.5 Å². The lowest BCUT2D eigenvalue weighted by atomic mass is 10.1. The van der Waals surface area contributed by atoms with E-state index in [0.29, 0.717) is 11.1 Å². The first-order valence-electron chi connectivity index (χ1n) is 6.09. The number of hydrogen-bond acceptors (Lipinski definition) is 3. The van der Waals surface area contributed by atoms with Crippen LogP contribution in [0.25, 0.3) is 0 Å². The molecule has 2 aromatic carbocycles. The summed E-state index contributed by atoms with van der Waals surface area (Å²) in [5, 5.41) is 0.187. The van der Waals surface area contributed by atoms with E-state index >= 15 is 0 Å². The number of alkyl halides is 1. The molecule has 3 nitrogen and oxygen atoms in total. The van der Waals surface area contributed by atoms with Gasteiger partial charge in [0.15, 0.2) is 5.78 Å². The first-order chi connectivity index (χ1) is 9.61. The maximum absolute atomic E-state index is 12.0. The molecule has 0 aliphatic carbocycles. The zero-order valence-electron chi connectivity index (χ0n) is 10.9. The van der Waals surface area contributed by atoms with Crippen LogP contribution in [-0.4, -0.2) is 17.1 Å². The van der Waals surface area contributed by atoms with Crippen molar-refractivity contribution in [1.82, 2.24) is 0 Å². The van der Waals surface area contributed by atoms with E-state index in [9.17, 15) is 9.59 Å². The van der Waals surface area contributed by atoms with Gasteiger partial charge in [-0.05, 0) is 31.2 Å². The molecule has 0 aliphatic heterocycles. The average Bonchev–Trinajstić information content (AvgIpc) is 2.49. The molecule has 0 unspecified atom stereocenters.